The summed E-state index contributed by atoms with van der Waals surface area (Å²) in [6, 6.07) is 8.81. The second-order valence-corrected chi connectivity index (χ2v) is 7.43. The van der Waals surface area contributed by atoms with Crippen molar-refractivity contribution in [1.29, 1.82) is 0 Å². The number of nitrogens with one attached hydrogen (secondary N) is 2. The number of hydrogen-bond acceptors (Lipinski definition) is 4. The molecule has 0 saturated carbocycles. The molecule has 0 spiro atoms. The lowest BCUT2D eigenvalue weighted by atomic mass is 9.93. The number of hydrogen-bond donors (Lipinski definition) is 2. The Hall–Kier alpha value is -2.89. The molecule has 1 unspecified atom stereocenters. The van der Waals surface area contributed by atoms with E-state index in [1.54, 1.807) is 20.8 Å². The Kier molecular flexibility index (Phi) is 5.97. The van der Waals surface area contributed by atoms with Crippen molar-refractivity contribution < 1.29 is 19.1 Å². The zero-order valence-electron chi connectivity index (χ0n) is 16.5. The number of aryl methyl sites for hydroxylation is 1. The lowest BCUT2D eigenvalue weighted by Crippen LogP contribution is -2.31. The van der Waals surface area contributed by atoms with Crippen LogP contribution in [0.15, 0.2) is 30.3 Å². The monoisotopic (exact) mass is 382 g/mol. The van der Waals surface area contributed by atoms with E-state index in [9.17, 15) is 14.4 Å². The fraction of sp³-hybridized carbons (Fsp3) is 0.409. The van der Waals surface area contributed by atoms with Crippen LogP contribution in [0.4, 0.5) is 0 Å². The van der Waals surface area contributed by atoms with Gasteiger partial charge in [0.2, 0.25) is 0 Å². The van der Waals surface area contributed by atoms with Gasteiger partial charge in [-0.05, 0) is 44.7 Å². The predicted octanol–water partition coefficient (Wildman–Crippen LogP) is 3.65. The highest BCUT2D eigenvalue weighted by Gasteiger charge is 2.28. The van der Waals surface area contributed by atoms with E-state index in [2.05, 4.69) is 10.3 Å². The molecule has 2 N–H and O–H groups in total. The normalized spacial score (nSPS) is 14.5. The molecule has 1 aromatic heterocycles. The Bertz CT molecular complexity index is 883. The van der Waals surface area contributed by atoms with Crippen LogP contribution in [0.1, 0.15) is 76.8 Å². The molecule has 0 bridgehead atoms. The number of ether oxygens (including phenoxy) is 1. The molecular formula is C22H26N2O4. The second kappa shape index (κ2) is 8.42. The summed E-state index contributed by atoms with van der Waals surface area (Å²) in [6.07, 6.45) is 1.88. The number of benzene rings is 1. The van der Waals surface area contributed by atoms with Gasteiger partial charge in [0.25, 0.3) is 5.91 Å². The summed E-state index contributed by atoms with van der Waals surface area (Å²) in [5, 5.41) is 2.94. The van der Waals surface area contributed by atoms with Crippen LogP contribution in [-0.2, 0) is 16.0 Å². The zero-order valence-corrected chi connectivity index (χ0v) is 16.5. The molecule has 0 saturated heterocycles. The lowest BCUT2D eigenvalue weighted by Gasteiger charge is -2.19. The minimum absolute atomic E-state index is 0.0341. The summed E-state index contributed by atoms with van der Waals surface area (Å²) in [5.41, 5.74) is 3.36. The number of Topliss-reactive ketones (excluding diaryl/α,β-unsaturated/α-hetero) is 1. The second-order valence-electron chi connectivity index (χ2n) is 7.43. The fourth-order valence-corrected chi connectivity index (χ4v) is 3.65. The van der Waals surface area contributed by atoms with Crippen molar-refractivity contribution in [3.63, 3.8) is 0 Å². The molecule has 0 fully saturated rings. The number of carbonyl (C=O) groups excluding carboxylic acids is 3. The molecule has 0 radical (unpaired) electrons. The van der Waals surface area contributed by atoms with E-state index in [-0.39, 0.29) is 30.2 Å². The average Bonchev–Trinajstić information content (AvgIpc) is 2.99. The first-order valence-corrected chi connectivity index (χ1v) is 9.66. The van der Waals surface area contributed by atoms with Crippen molar-refractivity contribution in [3.8, 4) is 0 Å². The van der Waals surface area contributed by atoms with Crippen LogP contribution in [0.5, 0.6) is 0 Å². The third-order valence-electron chi connectivity index (χ3n) is 4.91. The van der Waals surface area contributed by atoms with Gasteiger partial charge in [0.05, 0.1) is 18.6 Å². The minimum atomic E-state index is -0.518. The van der Waals surface area contributed by atoms with E-state index in [4.69, 9.17) is 4.74 Å². The van der Waals surface area contributed by atoms with Gasteiger partial charge in [-0.25, -0.2) is 0 Å². The highest BCUT2D eigenvalue weighted by molar-refractivity contribution is 6.04. The van der Waals surface area contributed by atoms with Gasteiger partial charge in [0, 0.05) is 17.7 Å². The molecule has 2 aromatic rings. The van der Waals surface area contributed by atoms with Crippen LogP contribution in [0.25, 0.3) is 0 Å². The first kappa shape index (κ1) is 19.9. The van der Waals surface area contributed by atoms with E-state index in [0.29, 0.717) is 23.2 Å². The van der Waals surface area contributed by atoms with Gasteiger partial charge in [-0.3, -0.25) is 14.4 Å². The first-order chi connectivity index (χ1) is 13.4. The summed E-state index contributed by atoms with van der Waals surface area (Å²) in [5.74, 6) is -0.623. The number of fused-ring (bicyclic) bond motifs is 1. The van der Waals surface area contributed by atoms with E-state index < -0.39 is 6.04 Å². The molecule has 6 heteroatoms. The maximum Gasteiger partial charge on any atom is 0.308 e. The van der Waals surface area contributed by atoms with Crippen LogP contribution in [-0.4, -0.2) is 28.7 Å². The van der Waals surface area contributed by atoms with Crippen molar-refractivity contribution in [2.45, 2.75) is 58.6 Å². The van der Waals surface area contributed by atoms with Gasteiger partial charge in [-0.15, -0.1) is 0 Å². The molecule has 148 valence electrons. The summed E-state index contributed by atoms with van der Waals surface area (Å²) < 4.78 is 5.25. The number of ketones is 1. The van der Waals surface area contributed by atoms with E-state index in [1.807, 2.05) is 30.3 Å². The van der Waals surface area contributed by atoms with Crippen molar-refractivity contribution in [2.24, 2.45) is 0 Å². The van der Waals surface area contributed by atoms with E-state index in [0.717, 1.165) is 24.1 Å². The lowest BCUT2D eigenvalue weighted by molar-refractivity contribution is -0.147. The molecule has 1 aliphatic rings. The summed E-state index contributed by atoms with van der Waals surface area (Å²) in [7, 11) is 0. The topological polar surface area (TPSA) is 88.3 Å². The SMILES string of the molecule is Cc1c(C(=O)NC(CC(=O)OC(C)C)c2ccccc2)[nH]c2c1C(=O)CCC2. The van der Waals surface area contributed by atoms with Gasteiger partial charge in [0.1, 0.15) is 5.69 Å². The predicted molar refractivity (Wildman–Crippen MR) is 105 cm³/mol. The quantitative estimate of drug-likeness (QED) is 0.747. The van der Waals surface area contributed by atoms with Gasteiger partial charge >= 0.3 is 5.97 Å². The number of amides is 1. The standard InChI is InChI=1S/C22H26N2O4/c1-13(2)28-19(26)12-17(15-8-5-4-6-9-15)24-22(27)21-14(3)20-16(23-21)10-7-11-18(20)25/h4-6,8-9,13,17,23H,7,10-12H2,1-3H3,(H,24,27). The Morgan fingerprint density at radius 1 is 1.18 bits per heavy atom. The molecule has 1 atom stereocenters. The Morgan fingerprint density at radius 2 is 1.89 bits per heavy atom. The maximum absolute atomic E-state index is 13.0. The van der Waals surface area contributed by atoms with Crippen LogP contribution in [0, 0.1) is 6.92 Å². The van der Waals surface area contributed by atoms with Gasteiger partial charge in [-0.1, -0.05) is 30.3 Å². The summed E-state index contributed by atoms with van der Waals surface area (Å²) in [6.45, 7) is 5.37. The van der Waals surface area contributed by atoms with Crippen LogP contribution >= 0.6 is 0 Å². The zero-order chi connectivity index (χ0) is 20.3. The van der Waals surface area contributed by atoms with Crippen molar-refractivity contribution >= 4 is 17.7 Å². The molecule has 6 nitrogen and oxygen atoms in total. The molecule has 1 amide bonds. The van der Waals surface area contributed by atoms with Gasteiger partial charge in [-0.2, -0.15) is 0 Å². The number of H-pyrrole nitrogens is 1. The van der Waals surface area contributed by atoms with Crippen LogP contribution in [0.3, 0.4) is 0 Å². The fourth-order valence-electron chi connectivity index (χ4n) is 3.65. The van der Waals surface area contributed by atoms with Crippen molar-refractivity contribution in [1.82, 2.24) is 10.3 Å². The van der Waals surface area contributed by atoms with Gasteiger partial charge < -0.3 is 15.0 Å². The molecular weight excluding hydrogens is 356 g/mol. The number of carbonyl (C=O) groups is 3. The summed E-state index contributed by atoms with van der Waals surface area (Å²) in [4.78, 5) is 40.5. The molecule has 3 rings (SSSR count). The smallest absolute Gasteiger partial charge is 0.308 e. The molecule has 28 heavy (non-hydrogen) atoms. The number of rotatable bonds is 6. The molecule has 1 aromatic carbocycles. The average molecular weight is 382 g/mol. The van der Waals surface area contributed by atoms with Crippen molar-refractivity contribution in [3.05, 3.63) is 58.4 Å². The maximum atomic E-state index is 13.0. The summed E-state index contributed by atoms with van der Waals surface area (Å²) >= 11 is 0. The van der Waals surface area contributed by atoms with Crippen LogP contribution < -0.4 is 5.32 Å². The van der Waals surface area contributed by atoms with Gasteiger partial charge in [0.15, 0.2) is 5.78 Å². The number of esters is 1. The molecule has 1 heterocycles. The highest BCUT2D eigenvalue weighted by atomic mass is 16.5. The molecule has 1 aliphatic carbocycles. The Morgan fingerprint density at radius 3 is 2.54 bits per heavy atom. The number of aromatic nitrogens is 1. The Balaban J connectivity index is 1.83. The largest absolute Gasteiger partial charge is 0.463 e. The molecule has 0 aliphatic heterocycles. The van der Waals surface area contributed by atoms with E-state index >= 15 is 0 Å². The van der Waals surface area contributed by atoms with E-state index in [1.165, 1.54) is 0 Å². The number of aromatic amines is 1. The highest BCUT2D eigenvalue weighted by Crippen LogP contribution is 2.27. The first-order valence-electron chi connectivity index (χ1n) is 9.66. The van der Waals surface area contributed by atoms with Crippen molar-refractivity contribution in [2.75, 3.05) is 0 Å². The van der Waals surface area contributed by atoms with Crippen LogP contribution in [0.2, 0.25) is 0 Å². The minimum Gasteiger partial charge on any atom is -0.463 e. The Labute approximate surface area is 164 Å². The third kappa shape index (κ3) is 4.32. The third-order valence-corrected chi connectivity index (χ3v) is 4.91.